The molecule has 128 valence electrons. The molecule has 6 heteroatoms. The summed E-state index contributed by atoms with van der Waals surface area (Å²) in [6.07, 6.45) is 3.16. The van der Waals surface area contributed by atoms with Gasteiger partial charge in [0.2, 0.25) is 0 Å². The summed E-state index contributed by atoms with van der Waals surface area (Å²) < 4.78 is 0. The zero-order valence-electron chi connectivity index (χ0n) is 13.6. The third-order valence-corrected chi connectivity index (χ3v) is 5.24. The summed E-state index contributed by atoms with van der Waals surface area (Å²) in [6.45, 7) is 1.20. The first-order valence-electron chi connectivity index (χ1n) is 8.40. The summed E-state index contributed by atoms with van der Waals surface area (Å²) in [5.74, 6) is 0.401. The number of aromatic nitrogens is 1. The van der Waals surface area contributed by atoms with E-state index in [1.807, 2.05) is 35.7 Å². The molecule has 1 saturated carbocycles. The first kappa shape index (κ1) is 16.9. The highest BCUT2D eigenvalue weighted by molar-refractivity contribution is 7.13. The van der Waals surface area contributed by atoms with Crippen molar-refractivity contribution in [1.29, 1.82) is 0 Å². The molecule has 3 N–H and O–H groups in total. The zero-order valence-corrected chi connectivity index (χ0v) is 14.4. The molecule has 1 aromatic heterocycles. The molecular formula is C18H23N3O2S. The number of rotatable bonds is 6. The van der Waals surface area contributed by atoms with Gasteiger partial charge in [-0.1, -0.05) is 30.3 Å². The van der Waals surface area contributed by atoms with E-state index in [0.29, 0.717) is 19.0 Å². The lowest BCUT2D eigenvalue weighted by Gasteiger charge is -2.11. The van der Waals surface area contributed by atoms with Crippen LogP contribution in [-0.2, 0) is 6.42 Å². The van der Waals surface area contributed by atoms with Crippen LogP contribution in [0.15, 0.2) is 35.7 Å². The second-order valence-electron chi connectivity index (χ2n) is 6.23. The third-order valence-electron chi connectivity index (χ3n) is 4.30. The molecule has 2 aromatic rings. The van der Waals surface area contributed by atoms with Crippen molar-refractivity contribution in [3.8, 4) is 10.6 Å². The summed E-state index contributed by atoms with van der Waals surface area (Å²) in [4.78, 5) is 16.4. The second-order valence-corrected chi connectivity index (χ2v) is 7.09. The highest BCUT2D eigenvalue weighted by Gasteiger charge is 2.22. The van der Waals surface area contributed by atoms with E-state index in [0.717, 1.165) is 41.9 Å². The van der Waals surface area contributed by atoms with Crippen molar-refractivity contribution in [2.45, 2.75) is 31.8 Å². The smallest absolute Gasteiger partial charge is 0.314 e. The van der Waals surface area contributed by atoms with Gasteiger partial charge in [-0.25, -0.2) is 9.78 Å². The molecule has 2 atom stereocenters. The van der Waals surface area contributed by atoms with Crippen LogP contribution in [0, 0.1) is 5.92 Å². The number of aliphatic hydroxyl groups is 1. The Morgan fingerprint density at radius 1 is 1.25 bits per heavy atom. The number of carbonyl (C=O) groups is 1. The Bertz CT molecular complexity index is 659. The summed E-state index contributed by atoms with van der Waals surface area (Å²) in [5.41, 5.74) is 2.12. The van der Waals surface area contributed by atoms with Crippen LogP contribution in [0.4, 0.5) is 4.79 Å². The van der Waals surface area contributed by atoms with Gasteiger partial charge >= 0.3 is 6.03 Å². The molecule has 0 saturated heterocycles. The molecule has 0 bridgehead atoms. The molecule has 1 aliphatic carbocycles. The Kier molecular flexibility index (Phi) is 5.82. The fourth-order valence-corrected chi connectivity index (χ4v) is 3.83. The minimum atomic E-state index is -0.191. The maximum Gasteiger partial charge on any atom is 0.314 e. The lowest BCUT2D eigenvalue weighted by atomic mass is 10.1. The number of aliphatic hydroxyl groups excluding tert-OH is 1. The normalized spacial score (nSPS) is 20.0. The second kappa shape index (κ2) is 8.26. The van der Waals surface area contributed by atoms with Crippen molar-refractivity contribution < 1.29 is 9.90 Å². The van der Waals surface area contributed by atoms with Gasteiger partial charge < -0.3 is 15.7 Å². The van der Waals surface area contributed by atoms with Crippen LogP contribution in [0.5, 0.6) is 0 Å². The Morgan fingerprint density at radius 2 is 2.08 bits per heavy atom. The number of nitrogens with one attached hydrogen (secondary N) is 2. The quantitative estimate of drug-likeness (QED) is 0.754. The number of hydrogen-bond acceptors (Lipinski definition) is 4. The van der Waals surface area contributed by atoms with Crippen LogP contribution in [0.3, 0.4) is 0 Å². The molecule has 0 aliphatic heterocycles. The molecule has 5 nitrogen and oxygen atoms in total. The van der Waals surface area contributed by atoms with E-state index in [4.69, 9.17) is 0 Å². The van der Waals surface area contributed by atoms with Gasteiger partial charge in [0.1, 0.15) is 5.01 Å². The number of hydrogen-bond donors (Lipinski definition) is 3. The SMILES string of the molecule is O=C(NCCc1csc(-c2ccccc2)n1)NC[C@@H]1CC[C@@H](O)C1. The number of benzene rings is 1. The fourth-order valence-electron chi connectivity index (χ4n) is 2.97. The molecule has 1 heterocycles. The van der Waals surface area contributed by atoms with Gasteiger partial charge in [0.25, 0.3) is 0 Å². The molecule has 0 unspecified atom stereocenters. The lowest BCUT2D eigenvalue weighted by molar-refractivity contribution is 0.177. The van der Waals surface area contributed by atoms with E-state index in [9.17, 15) is 9.90 Å². The summed E-state index contributed by atoms with van der Waals surface area (Å²) >= 11 is 1.63. The first-order chi connectivity index (χ1) is 11.7. The van der Waals surface area contributed by atoms with E-state index < -0.39 is 0 Å². The number of nitrogens with zero attached hydrogens (tertiary/aromatic N) is 1. The van der Waals surface area contributed by atoms with Crippen LogP contribution in [0.2, 0.25) is 0 Å². The number of amides is 2. The minimum absolute atomic E-state index is 0.144. The van der Waals surface area contributed by atoms with Crippen molar-refractivity contribution in [2.24, 2.45) is 5.92 Å². The zero-order chi connectivity index (χ0) is 16.8. The van der Waals surface area contributed by atoms with Crippen LogP contribution >= 0.6 is 11.3 Å². The van der Waals surface area contributed by atoms with Crippen LogP contribution in [0.1, 0.15) is 25.0 Å². The average Bonchev–Trinajstić information content (AvgIpc) is 3.23. The van der Waals surface area contributed by atoms with E-state index >= 15 is 0 Å². The molecule has 1 aromatic carbocycles. The Hall–Kier alpha value is -1.92. The van der Waals surface area contributed by atoms with Crippen molar-refractivity contribution in [2.75, 3.05) is 13.1 Å². The van der Waals surface area contributed by atoms with Crippen molar-refractivity contribution >= 4 is 17.4 Å². The lowest BCUT2D eigenvalue weighted by Crippen LogP contribution is -2.38. The predicted molar refractivity (Wildman–Crippen MR) is 96.0 cm³/mol. The minimum Gasteiger partial charge on any atom is -0.393 e. The van der Waals surface area contributed by atoms with E-state index in [1.165, 1.54) is 0 Å². The summed E-state index contributed by atoms with van der Waals surface area (Å²) in [5, 5.41) is 18.3. The molecule has 3 rings (SSSR count). The first-order valence-corrected chi connectivity index (χ1v) is 9.28. The van der Waals surface area contributed by atoms with Gasteiger partial charge in [-0.2, -0.15) is 0 Å². The van der Waals surface area contributed by atoms with E-state index in [2.05, 4.69) is 15.6 Å². The van der Waals surface area contributed by atoms with Gasteiger partial charge in [-0.15, -0.1) is 11.3 Å². The standard InChI is InChI=1S/C18H23N3O2S/c22-16-7-6-13(10-16)11-20-18(23)19-9-8-15-12-24-17(21-15)14-4-2-1-3-5-14/h1-5,12-13,16,22H,6-11H2,(H2,19,20,23)/t13-,16-/m1/s1. The average molecular weight is 345 g/mol. The van der Waals surface area contributed by atoms with E-state index in [-0.39, 0.29) is 12.1 Å². The van der Waals surface area contributed by atoms with Gasteiger partial charge in [-0.3, -0.25) is 0 Å². The van der Waals surface area contributed by atoms with Crippen LogP contribution in [-0.4, -0.2) is 35.3 Å². The van der Waals surface area contributed by atoms with Gasteiger partial charge in [0.05, 0.1) is 11.8 Å². The number of urea groups is 1. The molecule has 1 aliphatic rings. The Morgan fingerprint density at radius 3 is 2.83 bits per heavy atom. The third kappa shape index (κ3) is 4.79. The van der Waals surface area contributed by atoms with Gasteiger partial charge in [0, 0.05) is 30.5 Å². The number of carbonyl (C=O) groups excluding carboxylic acids is 1. The Labute approximate surface area is 146 Å². The molecule has 0 spiro atoms. The molecule has 0 radical (unpaired) electrons. The largest absolute Gasteiger partial charge is 0.393 e. The molecular weight excluding hydrogens is 322 g/mol. The predicted octanol–water partition coefficient (Wildman–Crippen LogP) is 2.81. The highest BCUT2D eigenvalue weighted by Crippen LogP contribution is 2.24. The van der Waals surface area contributed by atoms with Gasteiger partial charge in [-0.05, 0) is 25.2 Å². The highest BCUT2D eigenvalue weighted by atomic mass is 32.1. The van der Waals surface area contributed by atoms with Crippen LogP contribution in [0.25, 0.3) is 10.6 Å². The van der Waals surface area contributed by atoms with Gasteiger partial charge in [0.15, 0.2) is 0 Å². The Balaban J connectivity index is 1.37. The molecule has 2 amide bonds. The monoisotopic (exact) mass is 345 g/mol. The fraction of sp³-hybridized carbons (Fsp3) is 0.444. The summed E-state index contributed by atoms with van der Waals surface area (Å²) in [6, 6.07) is 9.96. The van der Waals surface area contributed by atoms with Crippen molar-refractivity contribution in [3.05, 3.63) is 41.4 Å². The summed E-state index contributed by atoms with van der Waals surface area (Å²) in [7, 11) is 0. The maximum atomic E-state index is 11.8. The van der Waals surface area contributed by atoms with Crippen molar-refractivity contribution in [3.63, 3.8) is 0 Å². The maximum absolute atomic E-state index is 11.8. The van der Waals surface area contributed by atoms with Crippen molar-refractivity contribution in [1.82, 2.24) is 15.6 Å². The van der Waals surface area contributed by atoms with Crippen LogP contribution < -0.4 is 10.6 Å². The van der Waals surface area contributed by atoms with E-state index in [1.54, 1.807) is 11.3 Å². The molecule has 24 heavy (non-hydrogen) atoms. The number of thiazole rings is 1. The molecule has 1 fully saturated rings. The topological polar surface area (TPSA) is 74.2 Å².